The Morgan fingerprint density at radius 3 is 2.47 bits per heavy atom. The lowest BCUT2D eigenvalue weighted by molar-refractivity contribution is -0.141. The average Bonchev–Trinajstić information content (AvgIpc) is 2.84. The second kappa shape index (κ2) is 5.36. The Bertz CT molecular complexity index is 362. The number of rotatable bonds is 3. The highest BCUT2D eigenvalue weighted by Gasteiger charge is 2.35. The van der Waals surface area contributed by atoms with Crippen molar-refractivity contribution in [3.05, 3.63) is 0 Å². The van der Waals surface area contributed by atoms with Crippen molar-refractivity contribution in [2.45, 2.75) is 32.7 Å². The van der Waals surface area contributed by atoms with Gasteiger partial charge in [0.1, 0.15) is 0 Å². The standard InChI is InChI=1S/C13H24N4O2/c1-13(2,9-14)11(18)16-6-3-10(4-7-16)17-8-5-15-12(17)19/h10H,3-9,14H2,1-2H3,(H,15,19). The summed E-state index contributed by atoms with van der Waals surface area (Å²) in [5.41, 5.74) is 5.16. The molecule has 6 nitrogen and oxygen atoms in total. The molecule has 0 aromatic carbocycles. The van der Waals surface area contributed by atoms with Gasteiger partial charge in [0.05, 0.1) is 5.41 Å². The molecular formula is C13H24N4O2. The van der Waals surface area contributed by atoms with Crippen molar-refractivity contribution in [3.8, 4) is 0 Å². The van der Waals surface area contributed by atoms with Crippen LogP contribution in [0, 0.1) is 5.41 Å². The topological polar surface area (TPSA) is 78.7 Å². The Hall–Kier alpha value is -1.30. The molecule has 0 saturated carbocycles. The number of carbonyl (C=O) groups is 2. The summed E-state index contributed by atoms with van der Waals surface area (Å²) in [4.78, 5) is 27.7. The quantitative estimate of drug-likeness (QED) is 0.755. The Morgan fingerprint density at radius 2 is 2.00 bits per heavy atom. The molecule has 3 N–H and O–H groups in total. The number of nitrogens with two attached hydrogens (primary N) is 1. The number of hydrogen-bond acceptors (Lipinski definition) is 3. The third kappa shape index (κ3) is 2.83. The molecule has 0 aromatic heterocycles. The third-order valence-electron chi connectivity index (χ3n) is 4.17. The van der Waals surface area contributed by atoms with Crippen LogP contribution in [0.1, 0.15) is 26.7 Å². The van der Waals surface area contributed by atoms with E-state index in [-0.39, 0.29) is 18.0 Å². The first-order chi connectivity index (χ1) is 8.95. The molecule has 0 unspecified atom stereocenters. The van der Waals surface area contributed by atoms with Gasteiger partial charge in [-0.15, -0.1) is 0 Å². The first-order valence-electron chi connectivity index (χ1n) is 6.99. The Morgan fingerprint density at radius 1 is 1.37 bits per heavy atom. The van der Waals surface area contributed by atoms with Crippen LogP contribution in [0.3, 0.4) is 0 Å². The van der Waals surface area contributed by atoms with Crippen LogP contribution in [0.4, 0.5) is 4.79 Å². The number of hydrogen-bond donors (Lipinski definition) is 2. The Kier molecular flexibility index (Phi) is 3.99. The fourth-order valence-electron chi connectivity index (χ4n) is 2.73. The fraction of sp³-hybridized carbons (Fsp3) is 0.846. The average molecular weight is 268 g/mol. The number of likely N-dealkylation sites (tertiary alicyclic amines) is 1. The molecule has 0 radical (unpaired) electrons. The van der Waals surface area contributed by atoms with E-state index >= 15 is 0 Å². The van der Waals surface area contributed by atoms with Crippen LogP contribution in [0.25, 0.3) is 0 Å². The molecule has 0 aromatic rings. The minimum atomic E-state index is -0.488. The summed E-state index contributed by atoms with van der Waals surface area (Å²) < 4.78 is 0. The van der Waals surface area contributed by atoms with Gasteiger partial charge in [-0.05, 0) is 26.7 Å². The molecule has 0 bridgehead atoms. The number of piperidine rings is 1. The lowest BCUT2D eigenvalue weighted by atomic mass is 9.90. The van der Waals surface area contributed by atoms with Gasteiger partial charge in [0, 0.05) is 38.8 Å². The van der Waals surface area contributed by atoms with E-state index in [1.807, 2.05) is 23.6 Å². The predicted octanol–water partition coefficient (Wildman–Crippen LogP) is -0.0125. The van der Waals surface area contributed by atoms with Gasteiger partial charge in [0.2, 0.25) is 5.91 Å². The number of urea groups is 1. The van der Waals surface area contributed by atoms with Crippen LogP contribution in [-0.2, 0) is 4.79 Å². The summed E-state index contributed by atoms with van der Waals surface area (Å²) in [5, 5.41) is 2.82. The zero-order chi connectivity index (χ0) is 14.0. The molecule has 3 amide bonds. The normalized spacial score (nSPS) is 21.7. The van der Waals surface area contributed by atoms with Crippen LogP contribution in [0.2, 0.25) is 0 Å². The maximum absolute atomic E-state index is 12.3. The summed E-state index contributed by atoms with van der Waals surface area (Å²) in [6, 6.07) is 0.305. The lowest BCUT2D eigenvalue weighted by Gasteiger charge is -2.39. The lowest BCUT2D eigenvalue weighted by Crippen LogP contribution is -2.51. The van der Waals surface area contributed by atoms with Crippen LogP contribution in [0.5, 0.6) is 0 Å². The summed E-state index contributed by atoms with van der Waals surface area (Å²) in [6.07, 6.45) is 1.72. The monoisotopic (exact) mass is 268 g/mol. The van der Waals surface area contributed by atoms with E-state index in [9.17, 15) is 9.59 Å². The maximum atomic E-state index is 12.3. The van der Waals surface area contributed by atoms with Gasteiger partial charge in [-0.1, -0.05) is 0 Å². The summed E-state index contributed by atoms with van der Waals surface area (Å²) in [5.74, 6) is 0.124. The molecule has 2 aliphatic rings. The zero-order valence-electron chi connectivity index (χ0n) is 11.8. The first kappa shape index (κ1) is 14.1. The van der Waals surface area contributed by atoms with E-state index < -0.39 is 5.41 Å². The van der Waals surface area contributed by atoms with E-state index in [0.29, 0.717) is 6.54 Å². The van der Waals surface area contributed by atoms with E-state index in [1.54, 1.807) is 0 Å². The highest BCUT2D eigenvalue weighted by Crippen LogP contribution is 2.23. The number of nitrogens with zero attached hydrogens (tertiary/aromatic N) is 2. The van der Waals surface area contributed by atoms with Crippen LogP contribution in [-0.4, -0.2) is 60.5 Å². The van der Waals surface area contributed by atoms with E-state index in [2.05, 4.69) is 5.32 Å². The summed E-state index contributed by atoms with van der Waals surface area (Å²) >= 11 is 0. The largest absolute Gasteiger partial charge is 0.342 e. The van der Waals surface area contributed by atoms with Crippen molar-refractivity contribution in [1.29, 1.82) is 0 Å². The van der Waals surface area contributed by atoms with Gasteiger partial charge in [-0.3, -0.25) is 4.79 Å². The van der Waals surface area contributed by atoms with Crippen LogP contribution >= 0.6 is 0 Å². The number of nitrogens with one attached hydrogen (secondary N) is 1. The van der Waals surface area contributed by atoms with Gasteiger partial charge >= 0.3 is 6.03 Å². The smallest absolute Gasteiger partial charge is 0.317 e. The molecular weight excluding hydrogens is 244 g/mol. The molecule has 0 atom stereocenters. The zero-order valence-corrected chi connectivity index (χ0v) is 11.8. The molecule has 0 aliphatic carbocycles. The van der Waals surface area contributed by atoms with Gasteiger partial charge in [0.15, 0.2) is 0 Å². The fourth-order valence-corrected chi connectivity index (χ4v) is 2.73. The SMILES string of the molecule is CC(C)(CN)C(=O)N1CCC(N2CCNC2=O)CC1. The van der Waals surface area contributed by atoms with Crippen molar-refractivity contribution in [2.24, 2.45) is 11.1 Å². The predicted molar refractivity (Wildman–Crippen MR) is 72.5 cm³/mol. The number of carbonyl (C=O) groups excluding carboxylic acids is 2. The first-order valence-corrected chi connectivity index (χ1v) is 6.99. The van der Waals surface area contributed by atoms with Crippen molar-refractivity contribution < 1.29 is 9.59 Å². The minimum absolute atomic E-state index is 0.0343. The Balaban J connectivity index is 1.89. The van der Waals surface area contributed by atoms with Crippen molar-refractivity contribution >= 4 is 11.9 Å². The molecule has 2 heterocycles. The maximum Gasteiger partial charge on any atom is 0.317 e. The molecule has 0 spiro atoms. The molecule has 2 aliphatic heterocycles. The molecule has 6 heteroatoms. The van der Waals surface area contributed by atoms with Crippen molar-refractivity contribution in [2.75, 3.05) is 32.7 Å². The number of amides is 3. The van der Waals surface area contributed by atoms with E-state index in [1.165, 1.54) is 0 Å². The van der Waals surface area contributed by atoms with Crippen molar-refractivity contribution in [1.82, 2.24) is 15.1 Å². The second-order valence-electron chi connectivity index (χ2n) is 6.04. The second-order valence-corrected chi connectivity index (χ2v) is 6.04. The molecule has 19 heavy (non-hydrogen) atoms. The Labute approximate surface area is 114 Å². The molecule has 2 saturated heterocycles. The van der Waals surface area contributed by atoms with Crippen LogP contribution < -0.4 is 11.1 Å². The van der Waals surface area contributed by atoms with Gasteiger partial charge in [-0.2, -0.15) is 0 Å². The molecule has 2 fully saturated rings. The summed E-state index contributed by atoms with van der Waals surface area (Å²) in [7, 11) is 0. The van der Waals surface area contributed by atoms with Gasteiger partial charge in [0.25, 0.3) is 0 Å². The minimum Gasteiger partial charge on any atom is -0.342 e. The van der Waals surface area contributed by atoms with E-state index in [0.717, 1.165) is 39.0 Å². The van der Waals surface area contributed by atoms with Gasteiger partial charge in [-0.25, -0.2) is 4.79 Å². The molecule has 108 valence electrons. The third-order valence-corrected chi connectivity index (χ3v) is 4.17. The van der Waals surface area contributed by atoms with Crippen LogP contribution in [0.15, 0.2) is 0 Å². The highest BCUT2D eigenvalue weighted by atomic mass is 16.2. The van der Waals surface area contributed by atoms with Crippen molar-refractivity contribution in [3.63, 3.8) is 0 Å². The summed E-state index contributed by atoms with van der Waals surface area (Å²) in [6.45, 7) is 7.09. The van der Waals surface area contributed by atoms with E-state index in [4.69, 9.17) is 5.73 Å². The van der Waals surface area contributed by atoms with Gasteiger partial charge < -0.3 is 20.9 Å². The highest BCUT2D eigenvalue weighted by molar-refractivity contribution is 5.82. The molecule has 2 rings (SSSR count).